The second kappa shape index (κ2) is 6.26. The van der Waals surface area contributed by atoms with Crippen LogP contribution in [-0.2, 0) is 7.05 Å². The molecule has 0 unspecified atom stereocenters. The summed E-state index contributed by atoms with van der Waals surface area (Å²) in [5.41, 5.74) is 4.61. The van der Waals surface area contributed by atoms with Gasteiger partial charge in [-0.2, -0.15) is 4.57 Å². The second-order valence-corrected chi connectivity index (χ2v) is 6.63. The molecule has 26 heavy (non-hydrogen) atoms. The number of carbonyl (C=O) groups is 1. The van der Waals surface area contributed by atoms with Gasteiger partial charge in [-0.15, -0.1) is 0 Å². The minimum absolute atomic E-state index is 0.327. The highest BCUT2D eigenvalue weighted by Crippen LogP contribution is 2.27. The van der Waals surface area contributed by atoms with Crippen LogP contribution in [0.1, 0.15) is 21.5 Å². The Morgan fingerprint density at radius 1 is 0.846 bits per heavy atom. The van der Waals surface area contributed by atoms with Gasteiger partial charge in [-0.25, -0.2) is 4.79 Å². The van der Waals surface area contributed by atoms with Crippen LogP contribution in [0.5, 0.6) is 5.75 Å². The quantitative estimate of drug-likeness (QED) is 0.230. The van der Waals surface area contributed by atoms with E-state index in [1.807, 2.05) is 87.6 Å². The first-order valence-corrected chi connectivity index (χ1v) is 8.65. The van der Waals surface area contributed by atoms with Crippen LogP contribution >= 0.6 is 0 Å². The van der Waals surface area contributed by atoms with Crippen LogP contribution in [0.15, 0.2) is 66.7 Å². The predicted molar refractivity (Wildman–Crippen MR) is 104 cm³/mol. The monoisotopic (exact) mass is 342 g/mol. The van der Waals surface area contributed by atoms with Gasteiger partial charge in [0.15, 0.2) is 0 Å². The molecule has 0 saturated heterocycles. The number of nitrogens with zero attached hydrogens (tertiary/aromatic N) is 1. The van der Waals surface area contributed by atoms with E-state index in [1.165, 1.54) is 0 Å². The van der Waals surface area contributed by atoms with Crippen molar-refractivity contribution in [1.29, 1.82) is 0 Å². The van der Waals surface area contributed by atoms with Gasteiger partial charge in [-0.1, -0.05) is 36.4 Å². The van der Waals surface area contributed by atoms with Crippen LogP contribution in [0.2, 0.25) is 0 Å². The molecule has 0 radical (unpaired) electrons. The molecule has 0 N–H and O–H groups in total. The summed E-state index contributed by atoms with van der Waals surface area (Å²) in [7, 11) is 2.02. The number of hydrogen-bond acceptors (Lipinski definition) is 2. The number of aromatic nitrogens is 1. The number of ether oxygens (including phenoxy) is 1. The van der Waals surface area contributed by atoms with Gasteiger partial charge in [-0.05, 0) is 43.2 Å². The van der Waals surface area contributed by atoms with Crippen LogP contribution < -0.4 is 9.30 Å². The van der Waals surface area contributed by atoms with E-state index in [1.54, 1.807) is 0 Å². The topological polar surface area (TPSA) is 30.2 Å². The maximum atomic E-state index is 13.2. The first-order chi connectivity index (χ1) is 12.6. The summed E-state index contributed by atoms with van der Waals surface area (Å²) in [4.78, 5) is 13.2. The highest BCUT2D eigenvalue weighted by molar-refractivity contribution is 6.13. The molecule has 128 valence electrons. The zero-order valence-electron chi connectivity index (χ0n) is 15.1. The van der Waals surface area contributed by atoms with E-state index >= 15 is 0 Å². The average Bonchev–Trinajstić information content (AvgIpc) is 2.65. The first kappa shape index (κ1) is 16.3. The predicted octanol–water partition coefficient (Wildman–Crippen LogP) is 4.65. The summed E-state index contributed by atoms with van der Waals surface area (Å²) in [5.74, 6) is 0.281. The van der Waals surface area contributed by atoms with Crippen LogP contribution in [0.4, 0.5) is 0 Å². The van der Waals surface area contributed by atoms with E-state index < -0.39 is 0 Å². The Labute approximate surface area is 152 Å². The average molecular weight is 342 g/mol. The minimum Gasteiger partial charge on any atom is -0.423 e. The van der Waals surface area contributed by atoms with Crippen molar-refractivity contribution in [2.75, 3.05) is 0 Å². The maximum absolute atomic E-state index is 13.2. The van der Waals surface area contributed by atoms with Crippen LogP contribution in [0.3, 0.4) is 0 Å². The Hall–Kier alpha value is -3.20. The fourth-order valence-electron chi connectivity index (χ4n) is 3.42. The van der Waals surface area contributed by atoms with Gasteiger partial charge in [0.1, 0.15) is 12.8 Å². The molecule has 1 heterocycles. The Bertz CT molecular complexity index is 1100. The third kappa shape index (κ3) is 2.62. The number of benzene rings is 3. The molecule has 1 aromatic heterocycles. The molecule has 0 fully saturated rings. The lowest BCUT2D eigenvalue weighted by molar-refractivity contribution is -0.617. The van der Waals surface area contributed by atoms with Gasteiger partial charge in [-0.3, -0.25) is 0 Å². The lowest BCUT2D eigenvalue weighted by Crippen LogP contribution is -2.31. The Balaban J connectivity index is 1.96. The second-order valence-electron chi connectivity index (χ2n) is 6.63. The molecule has 0 saturated carbocycles. The van der Waals surface area contributed by atoms with Crippen molar-refractivity contribution < 1.29 is 14.1 Å². The Morgan fingerprint density at radius 3 is 2.04 bits per heavy atom. The number of para-hydroxylation sites is 2. The van der Waals surface area contributed by atoms with Crippen molar-refractivity contribution in [3.05, 3.63) is 83.4 Å². The molecule has 3 nitrogen and oxygen atoms in total. The molecular weight excluding hydrogens is 322 g/mol. The van der Waals surface area contributed by atoms with Crippen LogP contribution in [-0.4, -0.2) is 5.97 Å². The molecule has 0 spiro atoms. The number of fused-ring (bicyclic) bond motifs is 2. The number of rotatable bonds is 2. The lowest BCUT2D eigenvalue weighted by atomic mass is 10.0. The Morgan fingerprint density at radius 2 is 1.42 bits per heavy atom. The highest BCUT2D eigenvalue weighted by Gasteiger charge is 2.23. The van der Waals surface area contributed by atoms with Crippen molar-refractivity contribution >= 4 is 27.8 Å². The number of aryl methyl sites for hydroxylation is 3. The largest absolute Gasteiger partial charge is 0.423 e. The molecule has 3 heteroatoms. The molecule has 0 aliphatic heterocycles. The zero-order chi connectivity index (χ0) is 18.3. The van der Waals surface area contributed by atoms with Crippen molar-refractivity contribution in [2.24, 2.45) is 7.05 Å². The maximum Gasteiger partial charge on any atom is 0.345 e. The summed E-state index contributed by atoms with van der Waals surface area (Å²) >= 11 is 0. The number of pyridine rings is 1. The van der Waals surface area contributed by atoms with E-state index in [0.717, 1.165) is 32.9 Å². The first-order valence-electron chi connectivity index (χ1n) is 8.65. The standard InChI is InChI=1S/C23H20NO2/c1-15-12-13-16(2)21(14-15)26-23(25)22-17-8-4-6-10-19(17)24(3)20-11-7-5-9-18(20)22/h4-14H,1-3H3/q+1. The number of carbonyl (C=O) groups excluding carboxylic acids is 1. The van der Waals surface area contributed by atoms with E-state index in [4.69, 9.17) is 4.74 Å². The van der Waals surface area contributed by atoms with E-state index in [-0.39, 0.29) is 5.97 Å². The molecule has 0 atom stereocenters. The van der Waals surface area contributed by atoms with Gasteiger partial charge in [0.25, 0.3) is 0 Å². The summed E-state index contributed by atoms with van der Waals surface area (Å²) in [5, 5.41) is 1.79. The summed E-state index contributed by atoms with van der Waals surface area (Å²) < 4.78 is 7.93. The lowest BCUT2D eigenvalue weighted by Gasteiger charge is -2.11. The molecule has 0 bridgehead atoms. The normalized spacial score (nSPS) is 11.0. The summed E-state index contributed by atoms with van der Waals surface area (Å²) in [6.45, 7) is 3.94. The Kier molecular flexibility index (Phi) is 3.92. The van der Waals surface area contributed by atoms with Crippen molar-refractivity contribution in [1.82, 2.24) is 0 Å². The van der Waals surface area contributed by atoms with Crippen molar-refractivity contribution in [2.45, 2.75) is 13.8 Å². The van der Waals surface area contributed by atoms with E-state index in [9.17, 15) is 4.79 Å². The smallest absolute Gasteiger partial charge is 0.345 e. The van der Waals surface area contributed by atoms with Gasteiger partial charge in [0.2, 0.25) is 11.0 Å². The summed E-state index contributed by atoms with van der Waals surface area (Å²) in [6.07, 6.45) is 0. The van der Waals surface area contributed by atoms with Crippen LogP contribution in [0.25, 0.3) is 21.8 Å². The van der Waals surface area contributed by atoms with Crippen LogP contribution in [0, 0.1) is 13.8 Å². The summed E-state index contributed by atoms with van der Waals surface area (Å²) in [6, 6.07) is 21.8. The van der Waals surface area contributed by atoms with Gasteiger partial charge in [0.05, 0.1) is 16.3 Å². The van der Waals surface area contributed by atoms with Gasteiger partial charge < -0.3 is 4.74 Å². The fourth-order valence-corrected chi connectivity index (χ4v) is 3.42. The van der Waals surface area contributed by atoms with Crippen molar-refractivity contribution in [3.63, 3.8) is 0 Å². The SMILES string of the molecule is Cc1ccc(C)c(OC(=O)c2c3ccccc3[n+](C)c3ccccc23)c1. The fraction of sp³-hybridized carbons (Fsp3) is 0.130. The minimum atomic E-state index is -0.327. The van der Waals surface area contributed by atoms with Gasteiger partial charge >= 0.3 is 5.97 Å². The number of hydrogen-bond donors (Lipinski definition) is 0. The molecule has 0 amide bonds. The third-order valence-corrected chi connectivity index (χ3v) is 4.82. The van der Waals surface area contributed by atoms with E-state index in [2.05, 4.69) is 4.57 Å². The molecule has 3 aromatic carbocycles. The highest BCUT2D eigenvalue weighted by atomic mass is 16.5. The van der Waals surface area contributed by atoms with E-state index in [0.29, 0.717) is 11.3 Å². The zero-order valence-corrected chi connectivity index (χ0v) is 15.1. The molecular formula is C23H20NO2+. The number of esters is 1. The third-order valence-electron chi connectivity index (χ3n) is 4.82. The molecule has 0 aliphatic rings. The molecule has 4 rings (SSSR count). The molecule has 0 aliphatic carbocycles. The van der Waals surface area contributed by atoms with Crippen molar-refractivity contribution in [3.8, 4) is 5.75 Å². The molecule has 4 aromatic rings. The van der Waals surface area contributed by atoms with Gasteiger partial charge in [0, 0.05) is 12.1 Å².